The Labute approximate surface area is 162 Å². The maximum Gasteiger partial charge on any atom is 0.338 e. The minimum Gasteiger partial charge on any atom is -0.388 e. The van der Waals surface area contributed by atoms with Crippen molar-refractivity contribution in [3.8, 4) is 6.01 Å². The summed E-state index contributed by atoms with van der Waals surface area (Å²) in [5, 5.41) is 0. The van der Waals surface area contributed by atoms with E-state index in [2.05, 4.69) is 16.9 Å². The Hall–Kier alpha value is -2.49. The van der Waals surface area contributed by atoms with Gasteiger partial charge in [0.25, 0.3) is 0 Å². The summed E-state index contributed by atoms with van der Waals surface area (Å²) in [6.45, 7) is 2.24. The lowest BCUT2D eigenvalue weighted by molar-refractivity contribution is -0.129. The van der Waals surface area contributed by atoms with Gasteiger partial charge >= 0.3 is 12.0 Å². The number of ether oxygens (including phenoxy) is 1. The molecule has 0 saturated carbocycles. The minimum atomic E-state index is -0.453. The van der Waals surface area contributed by atoms with Crippen LogP contribution in [-0.2, 0) is 17.6 Å². The van der Waals surface area contributed by atoms with E-state index in [0.29, 0.717) is 6.42 Å². The maximum absolute atomic E-state index is 11.8. The highest BCUT2D eigenvalue weighted by Gasteiger charge is 2.04. The third kappa shape index (κ3) is 9.13. The van der Waals surface area contributed by atoms with Crippen molar-refractivity contribution < 1.29 is 9.53 Å². The minimum absolute atomic E-state index is 0.104. The summed E-state index contributed by atoms with van der Waals surface area (Å²) in [5.74, 6) is -0.453. The van der Waals surface area contributed by atoms with Crippen LogP contribution in [0.5, 0.6) is 6.01 Å². The van der Waals surface area contributed by atoms with Crippen molar-refractivity contribution in [1.82, 2.24) is 9.97 Å². The van der Waals surface area contributed by atoms with E-state index in [1.54, 1.807) is 18.5 Å². The predicted molar refractivity (Wildman–Crippen MR) is 109 cm³/mol. The zero-order chi connectivity index (χ0) is 19.2. The SMILES string of the molecule is CCCCCCCCCc1cnc(OC(=O)/C=C/Cc2ccccc2)nc1. The van der Waals surface area contributed by atoms with E-state index in [0.717, 1.165) is 24.0 Å². The molecule has 144 valence electrons. The molecule has 1 aromatic heterocycles. The largest absolute Gasteiger partial charge is 0.388 e. The summed E-state index contributed by atoms with van der Waals surface area (Å²) in [4.78, 5) is 20.1. The number of carbonyl (C=O) groups is 1. The Morgan fingerprint density at radius 2 is 1.59 bits per heavy atom. The third-order valence-electron chi connectivity index (χ3n) is 4.39. The van der Waals surface area contributed by atoms with Crippen molar-refractivity contribution in [1.29, 1.82) is 0 Å². The second kappa shape index (κ2) is 12.8. The van der Waals surface area contributed by atoms with Gasteiger partial charge in [0.05, 0.1) is 0 Å². The first kappa shape index (κ1) is 20.8. The van der Waals surface area contributed by atoms with Gasteiger partial charge in [-0.15, -0.1) is 0 Å². The number of aryl methyl sites for hydroxylation is 1. The third-order valence-corrected chi connectivity index (χ3v) is 4.39. The molecule has 0 aliphatic rings. The van der Waals surface area contributed by atoms with Gasteiger partial charge in [-0.25, -0.2) is 14.8 Å². The first-order chi connectivity index (χ1) is 13.3. The van der Waals surface area contributed by atoms with Gasteiger partial charge in [0.1, 0.15) is 0 Å². The van der Waals surface area contributed by atoms with E-state index in [-0.39, 0.29) is 6.01 Å². The van der Waals surface area contributed by atoms with Crippen LogP contribution in [0.4, 0.5) is 0 Å². The number of carbonyl (C=O) groups excluding carboxylic acids is 1. The van der Waals surface area contributed by atoms with Crippen LogP contribution in [0.1, 0.15) is 63.0 Å². The van der Waals surface area contributed by atoms with Gasteiger partial charge in [-0.2, -0.15) is 0 Å². The summed E-state index contributed by atoms with van der Waals surface area (Å²) in [7, 11) is 0. The molecule has 4 heteroatoms. The van der Waals surface area contributed by atoms with E-state index in [1.165, 1.54) is 44.6 Å². The predicted octanol–water partition coefficient (Wildman–Crippen LogP) is 5.47. The quantitative estimate of drug-likeness (QED) is 0.284. The zero-order valence-corrected chi connectivity index (χ0v) is 16.3. The van der Waals surface area contributed by atoms with Crippen LogP contribution < -0.4 is 4.74 Å². The number of hydrogen-bond acceptors (Lipinski definition) is 4. The standard InChI is InChI=1S/C23H30N2O2/c1-2-3-4-5-6-7-9-15-21-18-24-23(25-19-21)27-22(26)17-12-16-20-13-10-8-11-14-20/h8,10-14,17-19H,2-7,9,15-16H2,1H3/b17-12+. The lowest BCUT2D eigenvalue weighted by Gasteiger charge is -2.03. The molecule has 0 aliphatic carbocycles. The topological polar surface area (TPSA) is 52.1 Å². The summed E-state index contributed by atoms with van der Waals surface area (Å²) < 4.78 is 5.14. The molecule has 1 aromatic carbocycles. The number of aromatic nitrogens is 2. The Kier molecular flexibility index (Phi) is 9.87. The van der Waals surface area contributed by atoms with E-state index < -0.39 is 5.97 Å². The molecule has 27 heavy (non-hydrogen) atoms. The lowest BCUT2D eigenvalue weighted by atomic mass is 10.1. The van der Waals surface area contributed by atoms with Crippen LogP contribution in [0.2, 0.25) is 0 Å². The molecule has 0 radical (unpaired) electrons. The summed E-state index contributed by atoms with van der Waals surface area (Å²) in [6, 6.07) is 10.1. The normalized spacial score (nSPS) is 11.0. The van der Waals surface area contributed by atoms with Crippen molar-refractivity contribution >= 4 is 5.97 Å². The summed E-state index contributed by atoms with van der Waals surface area (Å²) in [5.41, 5.74) is 2.23. The average molecular weight is 367 g/mol. The van der Waals surface area contributed by atoms with E-state index in [4.69, 9.17) is 4.74 Å². The molecule has 1 heterocycles. The molecule has 0 bridgehead atoms. The van der Waals surface area contributed by atoms with Gasteiger partial charge in [-0.1, -0.05) is 81.9 Å². The van der Waals surface area contributed by atoms with Crippen LogP contribution in [-0.4, -0.2) is 15.9 Å². The molecule has 0 atom stereocenters. The Morgan fingerprint density at radius 1 is 0.926 bits per heavy atom. The van der Waals surface area contributed by atoms with Gasteiger partial charge in [-0.05, 0) is 30.4 Å². The summed E-state index contributed by atoms with van der Waals surface area (Å²) >= 11 is 0. The lowest BCUT2D eigenvalue weighted by Crippen LogP contribution is -2.07. The molecular formula is C23H30N2O2. The molecular weight excluding hydrogens is 336 g/mol. The van der Waals surface area contributed by atoms with Crippen molar-refractivity contribution in [2.24, 2.45) is 0 Å². The van der Waals surface area contributed by atoms with E-state index in [9.17, 15) is 4.79 Å². The number of unbranched alkanes of at least 4 members (excludes halogenated alkanes) is 6. The van der Waals surface area contributed by atoms with Gasteiger partial charge in [0.2, 0.25) is 0 Å². The van der Waals surface area contributed by atoms with Crippen molar-refractivity contribution in [3.63, 3.8) is 0 Å². The number of esters is 1. The molecule has 2 aromatic rings. The van der Waals surface area contributed by atoms with E-state index >= 15 is 0 Å². The fourth-order valence-corrected chi connectivity index (χ4v) is 2.84. The zero-order valence-electron chi connectivity index (χ0n) is 16.3. The number of allylic oxidation sites excluding steroid dienone is 1. The van der Waals surface area contributed by atoms with Gasteiger partial charge in [0, 0.05) is 18.5 Å². The number of nitrogens with zero attached hydrogens (tertiary/aromatic N) is 2. The first-order valence-corrected chi connectivity index (χ1v) is 10.0. The summed E-state index contributed by atoms with van der Waals surface area (Å²) in [6.07, 6.45) is 17.4. The molecule has 0 amide bonds. The molecule has 0 unspecified atom stereocenters. The van der Waals surface area contributed by atoms with Crippen molar-refractivity contribution in [3.05, 3.63) is 66.0 Å². The maximum atomic E-state index is 11.8. The highest BCUT2D eigenvalue weighted by molar-refractivity contribution is 5.83. The molecule has 2 rings (SSSR count). The number of rotatable bonds is 12. The highest BCUT2D eigenvalue weighted by Crippen LogP contribution is 2.11. The number of benzene rings is 1. The van der Waals surface area contributed by atoms with Crippen molar-refractivity contribution in [2.75, 3.05) is 0 Å². The van der Waals surface area contributed by atoms with Crippen LogP contribution >= 0.6 is 0 Å². The first-order valence-electron chi connectivity index (χ1n) is 10.0. The van der Waals surface area contributed by atoms with Gasteiger partial charge in [-0.3, -0.25) is 0 Å². The van der Waals surface area contributed by atoms with Gasteiger partial charge in [0.15, 0.2) is 0 Å². The molecule has 0 fully saturated rings. The van der Waals surface area contributed by atoms with Crippen LogP contribution in [0, 0.1) is 0 Å². The monoisotopic (exact) mass is 366 g/mol. The second-order valence-electron chi connectivity index (χ2n) is 6.76. The smallest absolute Gasteiger partial charge is 0.338 e. The molecule has 0 spiro atoms. The Morgan fingerprint density at radius 3 is 2.30 bits per heavy atom. The Balaban J connectivity index is 1.65. The van der Waals surface area contributed by atoms with Crippen LogP contribution in [0.25, 0.3) is 0 Å². The molecule has 0 saturated heterocycles. The molecule has 0 N–H and O–H groups in total. The number of hydrogen-bond donors (Lipinski definition) is 0. The highest BCUT2D eigenvalue weighted by atomic mass is 16.5. The molecule has 4 nitrogen and oxygen atoms in total. The second-order valence-corrected chi connectivity index (χ2v) is 6.76. The van der Waals surface area contributed by atoms with E-state index in [1.807, 2.05) is 30.3 Å². The van der Waals surface area contributed by atoms with Crippen LogP contribution in [0.15, 0.2) is 54.9 Å². The van der Waals surface area contributed by atoms with Crippen molar-refractivity contribution in [2.45, 2.75) is 64.7 Å². The fraction of sp³-hybridized carbons (Fsp3) is 0.435. The average Bonchev–Trinajstić information content (AvgIpc) is 2.69. The van der Waals surface area contributed by atoms with Crippen LogP contribution in [0.3, 0.4) is 0 Å². The Bertz CT molecular complexity index is 681. The van der Waals surface area contributed by atoms with Gasteiger partial charge < -0.3 is 4.74 Å². The molecule has 0 aliphatic heterocycles. The fourth-order valence-electron chi connectivity index (χ4n) is 2.84.